The summed E-state index contributed by atoms with van der Waals surface area (Å²) in [6, 6.07) is 10.2. The Bertz CT molecular complexity index is 1080. The van der Waals surface area contributed by atoms with Crippen molar-refractivity contribution in [3.63, 3.8) is 0 Å². The molecule has 9 heteroatoms. The number of hydrogen-bond acceptors (Lipinski definition) is 5. The number of rotatable bonds is 5. The van der Waals surface area contributed by atoms with Gasteiger partial charge in [-0.3, -0.25) is 19.1 Å². The van der Waals surface area contributed by atoms with Crippen LogP contribution in [0.1, 0.15) is 47.4 Å². The third-order valence-electron chi connectivity index (χ3n) is 7.50. The minimum Gasteiger partial charge on any atom is -0.368 e. The van der Waals surface area contributed by atoms with Crippen molar-refractivity contribution >= 4 is 23.4 Å². The zero-order valence-corrected chi connectivity index (χ0v) is 20.5. The first-order valence-corrected chi connectivity index (χ1v) is 12.7. The molecule has 0 aliphatic carbocycles. The summed E-state index contributed by atoms with van der Waals surface area (Å²) >= 11 is 0. The van der Waals surface area contributed by atoms with Gasteiger partial charge in [-0.2, -0.15) is 5.10 Å². The number of benzene rings is 1. The van der Waals surface area contributed by atoms with Gasteiger partial charge in [-0.25, -0.2) is 0 Å². The quantitative estimate of drug-likeness (QED) is 0.653. The first-order chi connectivity index (χ1) is 17.0. The van der Waals surface area contributed by atoms with Crippen LogP contribution < -0.4 is 4.90 Å². The number of fused-ring (bicyclic) bond motifs is 1. The minimum atomic E-state index is -0.0321. The van der Waals surface area contributed by atoms with E-state index in [9.17, 15) is 14.4 Å². The second-order valence-electron chi connectivity index (χ2n) is 9.67. The van der Waals surface area contributed by atoms with Gasteiger partial charge in [0.25, 0.3) is 5.91 Å². The number of aromatic nitrogens is 2. The Labute approximate surface area is 206 Å². The van der Waals surface area contributed by atoms with Gasteiger partial charge in [0, 0.05) is 95.6 Å². The SMILES string of the molecule is Cn1nc(C(=O)N2CCCC2)c2c1CCN(C(=O)CCC(=O)N1CCN(c3ccccc3)CC1)C2. The van der Waals surface area contributed by atoms with Crippen LogP contribution in [-0.2, 0) is 29.6 Å². The van der Waals surface area contributed by atoms with Crippen molar-refractivity contribution in [1.29, 1.82) is 0 Å². The number of carbonyl (C=O) groups excluding carboxylic acids is 3. The third kappa shape index (κ3) is 4.90. The number of para-hydroxylation sites is 1. The number of carbonyl (C=O) groups is 3. The lowest BCUT2D eigenvalue weighted by Crippen LogP contribution is -2.49. The second-order valence-corrected chi connectivity index (χ2v) is 9.67. The number of likely N-dealkylation sites (tertiary alicyclic amines) is 1. The van der Waals surface area contributed by atoms with Crippen LogP contribution in [0.3, 0.4) is 0 Å². The van der Waals surface area contributed by atoms with Gasteiger partial charge in [0.1, 0.15) is 0 Å². The van der Waals surface area contributed by atoms with Crippen molar-refractivity contribution in [1.82, 2.24) is 24.5 Å². The van der Waals surface area contributed by atoms with Gasteiger partial charge >= 0.3 is 0 Å². The second kappa shape index (κ2) is 10.1. The number of anilines is 1. The van der Waals surface area contributed by atoms with E-state index >= 15 is 0 Å². The van der Waals surface area contributed by atoms with Gasteiger partial charge in [0.05, 0.1) is 0 Å². The summed E-state index contributed by atoms with van der Waals surface area (Å²) in [5.41, 5.74) is 3.56. The highest BCUT2D eigenvalue weighted by Crippen LogP contribution is 2.25. The van der Waals surface area contributed by atoms with E-state index in [0.717, 1.165) is 50.3 Å². The summed E-state index contributed by atoms with van der Waals surface area (Å²) in [5, 5.41) is 4.52. The summed E-state index contributed by atoms with van der Waals surface area (Å²) in [4.78, 5) is 46.6. The predicted molar refractivity (Wildman–Crippen MR) is 132 cm³/mol. The summed E-state index contributed by atoms with van der Waals surface area (Å²) in [6.07, 6.45) is 3.15. The van der Waals surface area contributed by atoms with Crippen LogP contribution in [0, 0.1) is 0 Å². The number of hydrogen-bond donors (Lipinski definition) is 0. The van der Waals surface area contributed by atoms with Crippen LogP contribution >= 0.6 is 0 Å². The van der Waals surface area contributed by atoms with Crippen molar-refractivity contribution in [3.8, 4) is 0 Å². The van der Waals surface area contributed by atoms with Crippen LogP contribution in [0.15, 0.2) is 30.3 Å². The maximum Gasteiger partial charge on any atom is 0.274 e. The lowest BCUT2D eigenvalue weighted by atomic mass is 10.0. The Morgan fingerprint density at radius 2 is 1.46 bits per heavy atom. The Kier molecular flexibility index (Phi) is 6.74. The molecule has 186 valence electrons. The molecule has 0 saturated carbocycles. The minimum absolute atomic E-state index is 0.0292. The van der Waals surface area contributed by atoms with Crippen molar-refractivity contribution in [3.05, 3.63) is 47.3 Å². The molecule has 2 saturated heterocycles. The number of nitrogens with zero attached hydrogens (tertiary/aromatic N) is 6. The lowest BCUT2D eigenvalue weighted by Gasteiger charge is -2.36. The van der Waals surface area contributed by atoms with Gasteiger partial charge in [-0.15, -0.1) is 0 Å². The standard InChI is InChI=1S/C26H34N6O3/c1-28-22-11-14-32(19-21(22)25(27-28)26(35)31-12-5-6-13-31)24(34)10-9-23(33)30-17-15-29(16-18-30)20-7-3-2-4-8-20/h2-4,7-8H,5-6,9-19H2,1H3. The van der Waals surface area contributed by atoms with Gasteiger partial charge in [-0.05, 0) is 25.0 Å². The van der Waals surface area contributed by atoms with E-state index < -0.39 is 0 Å². The molecule has 4 heterocycles. The molecule has 3 aliphatic rings. The lowest BCUT2D eigenvalue weighted by molar-refractivity contribution is -0.137. The number of aryl methyl sites for hydroxylation is 1. The molecule has 9 nitrogen and oxygen atoms in total. The molecular formula is C26H34N6O3. The molecule has 35 heavy (non-hydrogen) atoms. The normalized spacial score (nSPS) is 18.1. The predicted octanol–water partition coefficient (Wildman–Crippen LogP) is 1.67. The summed E-state index contributed by atoms with van der Waals surface area (Å²) < 4.78 is 1.79. The van der Waals surface area contributed by atoms with Crippen LogP contribution in [0.4, 0.5) is 5.69 Å². The molecule has 0 radical (unpaired) electrons. The van der Waals surface area contributed by atoms with Crippen LogP contribution in [0.5, 0.6) is 0 Å². The number of amides is 3. The fraction of sp³-hybridized carbons (Fsp3) is 0.538. The summed E-state index contributed by atoms with van der Waals surface area (Å²) in [6.45, 7) is 5.47. The molecule has 0 atom stereocenters. The van der Waals surface area contributed by atoms with Crippen molar-refractivity contribution in [2.45, 2.75) is 38.6 Å². The highest BCUT2D eigenvalue weighted by atomic mass is 16.2. The summed E-state index contributed by atoms with van der Waals surface area (Å²) in [5.74, 6) is -0.0242. The van der Waals surface area contributed by atoms with E-state index in [0.29, 0.717) is 38.3 Å². The molecule has 5 rings (SSSR count). The molecule has 3 aliphatic heterocycles. The van der Waals surface area contributed by atoms with Crippen molar-refractivity contribution in [2.75, 3.05) is 50.7 Å². The Balaban J connectivity index is 1.14. The largest absolute Gasteiger partial charge is 0.368 e. The molecule has 2 fully saturated rings. The van der Waals surface area contributed by atoms with Crippen LogP contribution in [-0.4, -0.2) is 88.0 Å². The zero-order valence-electron chi connectivity index (χ0n) is 20.5. The highest BCUT2D eigenvalue weighted by molar-refractivity contribution is 5.94. The third-order valence-corrected chi connectivity index (χ3v) is 7.50. The zero-order chi connectivity index (χ0) is 24.4. The Morgan fingerprint density at radius 3 is 2.14 bits per heavy atom. The average Bonchev–Trinajstić information content (AvgIpc) is 3.56. The van der Waals surface area contributed by atoms with E-state index in [1.807, 2.05) is 35.0 Å². The van der Waals surface area contributed by atoms with Crippen LogP contribution in [0.2, 0.25) is 0 Å². The van der Waals surface area contributed by atoms with E-state index in [1.54, 1.807) is 9.58 Å². The molecule has 1 aromatic heterocycles. The fourth-order valence-electron chi connectivity index (χ4n) is 5.43. The topological polar surface area (TPSA) is 82.0 Å². The molecular weight excluding hydrogens is 444 g/mol. The van der Waals surface area contributed by atoms with E-state index in [4.69, 9.17) is 0 Å². The van der Waals surface area contributed by atoms with Gasteiger partial charge in [-0.1, -0.05) is 18.2 Å². The van der Waals surface area contributed by atoms with Gasteiger partial charge in [0.15, 0.2) is 5.69 Å². The van der Waals surface area contributed by atoms with Gasteiger partial charge < -0.3 is 19.6 Å². The first-order valence-electron chi connectivity index (χ1n) is 12.7. The molecule has 0 bridgehead atoms. The van der Waals surface area contributed by atoms with Crippen molar-refractivity contribution < 1.29 is 14.4 Å². The van der Waals surface area contributed by atoms with E-state index in [1.165, 1.54) is 5.69 Å². The molecule has 3 amide bonds. The maximum absolute atomic E-state index is 13.0. The molecule has 0 spiro atoms. The maximum atomic E-state index is 13.0. The van der Waals surface area contributed by atoms with Crippen LogP contribution in [0.25, 0.3) is 0 Å². The molecule has 2 aromatic rings. The van der Waals surface area contributed by atoms with E-state index in [2.05, 4.69) is 22.1 Å². The first kappa shape index (κ1) is 23.4. The average molecular weight is 479 g/mol. The summed E-state index contributed by atoms with van der Waals surface area (Å²) in [7, 11) is 1.87. The van der Waals surface area contributed by atoms with E-state index in [-0.39, 0.29) is 30.6 Å². The van der Waals surface area contributed by atoms with Crippen molar-refractivity contribution in [2.24, 2.45) is 7.05 Å². The molecule has 1 aromatic carbocycles. The number of piperazine rings is 1. The van der Waals surface area contributed by atoms with Gasteiger partial charge in [0.2, 0.25) is 11.8 Å². The fourth-order valence-corrected chi connectivity index (χ4v) is 5.43. The Morgan fingerprint density at radius 1 is 0.800 bits per heavy atom. The molecule has 0 N–H and O–H groups in total. The highest BCUT2D eigenvalue weighted by Gasteiger charge is 2.32. The molecule has 0 unspecified atom stereocenters. The smallest absolute Gasteiger partial charge is 0.274 e. The monoisotopic (exact) mass is 478 g/mol. The Hall–Kier alpha value is -3.36.